The van der Waals surface area contributed by atoms with Crippen molar-refractivity contribution in [2.24, 2.45) is 0 Å². The Bertz CT molecular complexity index is 814. The molecule has 0 saturated heterocycles. The van der Waals surface area contributed by atoms with Crippen LogP contribution in [-0.2, 0) is 13.1 Å². The summed E-state index contributed by atoms with van der Waals surface area (Å²) in [6.07, 6.45) is 8.98. The van der Waals surface area contributed by atoms with Gasteiger partial charge in [0.05, 0.1) is 0 Å². The molecule has 4 nitrogen and oxygen atoms in total. The first-order chi connectivity index (χ1) is 10.4. The molecular formula is C17H16N4. The molecule has 0 aliphatic carbocycles. The molecule has 0 spiro atoms. The average Bonchev–Trinajstić information content (AvgIpc) is 3.13. The van der Waals surface area contributed by atoms with Crippen LogP contribution in [0.25, 0.3) is 22.1 Å². The average molecular weight is 276 g/mol. The lowest BCUT2D eigenvalue weighted by Gasteiger charge is -2.07. The molecule has 0 amide bonds. The molecule has 0 atom stereocenters. The van der Waals surface area contributed by atoms with Crippen LogP contribution in [-0.4, -0.2) is 19.1 Å². The standard InChI is InChI=1S/C17H16N4/c1-4-14-6-12-20(16(14)18-8-1)10-3-11-21-13-7-15-5-2-9-19-17(15)21/h1-2,4-9,12-13H,3,10-11H2. The first kappa shape index (κ1) is 12.1. The number of nitrogens with zero attached hydrogens (tertiary/aromatic N) is 4. The highest BCUT2D eigenvalue weighted by atomic mass is 15.0. The van der Waals surface area contributed by atoms with Gasteiger partial charge < -0.3 is 9.13 Å². The lowest BCUT2D eigenvalue weighted by Crippen LogP contribution is -2.03. The van der Waals surface area contributed by atoms with Crippen molar-refractivity contribution in [3.8, 4) is 0 Å². The third-order valence-corrected chi connectivity index (χ3v) is 3.84. The largest absolute Gasteiger partial charge is 0.332 e. The van der Waals surface area contributed by atoms with Crippen LogP contribution in [0.15, 0.2) is 61.2 Å². The summed E-state index contributed by atoms with van der Waals surface area (Å²) in [4.78, 5) is 8.90. The second kappa shape index (κ2) is 5.05. The molecule has 4 aromatic heterocycles. The number of aromatic nitrogens is 4. The zero-order chi connectivity index (χ0) is 14.1. The van der Waals surface area contributed by atoms with Gasteiger partial charge in [-0.2, -0.15) is 0 Å². The highest BCUT2D eigenvalue weighted by molar-refractivity contribution is 5.76. The summed E-state index contributed by atoms with van der Waals surface area (Å²) >= 11 is 0. The highest BCUT2D eigenvalue weighted by Gasteiger charge is 2.03. The Hall–Kier alpha value is -2.62. The molecule has 0 aliphatic heterocycles. The quantitative estimate of drug-likeness (QED) is 0.572. The SMILES string of the molecule is c1cnc2c(c1)ccn2CCCn1ccc2cccnc21. The summed E-state index contributed by atoms with van der Waals surface area (Å²) in [5, 5.41) is 2.40. The molecule has 4 rings (SSSR count). The summed E-state index contributed by atoms with van der Waals surface area (Å²) in [5.74, 6) is 0. The van der Waals surface area contributed by atoms with E-state index in [4.69, 9.17) is 0 Å². The zero-order valence-corrected chi connectivity index (χ0v) is 11.7. The van der Waals surface area contributed by atoms with Crippen molar-refractivity contribution in [2.45, 2.75) is 19.5 Å². The van der Waals surface area contributed by atoms with Gasteiger partial charge in [-0.05, 0) is 42.8 Å². The number of rotatable bonds is 4. The third-order valence-electron chi connectivity index (χ3n) is 3.84. The van der Waals surface area contributed by atoms with Gasteiger partial charge in [0, 0.05) is 48.6 Å². The predicted molar refractivity (Wildman–Crippen MR) is 84.1 cm³/mol. The minimum Gasteiger partial charge on any atom is -0.332 e. The van der Waals surface area contributed by atoms with Crippen LogP contribution in [0.4, 0.5) is 0 Å². The van der Waals surface area contributed by atoms with E-state index in [1.807, 2.05) is 24.5 Å². The van der Waals surface area contributed by atoms with Gasteiger partial charge in [0.25, 0.3) is 0 Å². The van der Waals surface area contributed by atoms with Crippen molar-refractivity contribution in [2.75, 3.05) is 0 Å². The van der Waals surface area contributed by atoms with E-state index in [0.29, 0.717) is 0 Å². The number of aryl methyl sites for hydroxylation is 2. The van der Waals surface area contributed by atoms with Crippen molar-refractivity contribution in [1.29, 1.82) is 0 Å². The maximum absolute atomic E-state index is 4.45. The molecule has 4 heteroatoms. The maximum Gasteiger partial charge on any atom is 0.139 e. The van der Waals surface area contributed by atoms with Gasteiger partial charge >= 0.3 is 0 Å². The Labute approximate surface area is 122 Å². The molecular weight excluding hydrogens is 260 g/mol. The lowest BCUT2D eigenvalue weighted by molar-refractivity contribution is 0.580. The summed E-state index contributed by atoms with van der Waals surface area (Å²) in [6.45, 7) is 1.93. The second-order valence-electron chi connectivity index (χ2n) is 5.20. The van der Waals surface area contributed by atoms with Crippen molar-refractivity contribution in [3.05, 3.63) is 61.2 Å². The first-order valence-corrected chi connectivity index (χ1v) is 7.21. The third kappa shape index (κ3) is 2.18. The molecule has 4 heterocycles. The van der Waals surface area contributed by atoms with Gasteiger partial charge in [0.15, 0.2) is 0 Å². The normalized spacial score (nSPS) is 11.4. The van der Waals surface area contributed by atoms with E-state index in [9.17, 15) is 0 Å². The van der Waals surface area contributed by atoms with Gasteiger partial charge in [-0.1, -0.05) is 0 Å². The van der Waals surface area contributed by atoms with Crippen LogP contribution < -0.4 is 0 Å². The molecule has 104 valence electrons. The molecule has 0 bridgehead atoms. The predicted octanol–water partition coefficient (Wildman–Crippen LogP) is 3.48. The summed E-state index contributed by atoms with van der Waals surface area (Å²) in [7, 11) is 0. The molecule has 0 fully saturated rings. The fourth-order valence-electron chi connectivity index (χ4n) is 2.81. The fourth-order valence-corrected chi connectivity index (χ4v) is 2.81. The highest BCUT2D eigenvalue weighted by Crippen LogP contribution is 2.15. The van der Waals surface area contributed by atoms with Crippen molar-refractivity contribution >= 4 is 22.1 Å². The van der Waals surface area contributed by atoms with Crippen molar-refractivity contribution in [3.63, 3.8) is 0 Å². The Balaban J connectivity index is 1.50. The van der Waals surface area contributed by atoms with E-state index in [0.717, 1.165) is 30.8 Å². The molecule has 0 N–H and O–H groups in total. The fraction of sp³-hybridized carbons (Fsp3) is 0.176. The van der Waals surface area contributed by atoms with E-state index in [-0.39, 0.29) is 0 Å². The zero-order valence-electron chi connectivity index (χ0n) is 11.7. The summed E-state index contributed by atoms with van der Waals surface area (Å²) in [6, 6.07) is 12.4. The van der Waals surface area contributed by atoms with Crippen LogP contribution in [0.2, 0.25) is 0 Å². The van der Waals surface area contributed by atoms with E-state index in [1.54, 1.807) is 0 Å². The molecule has 0 unspecified atom stereocenters. The summed E-state index contributed by atoms with van der Waals surface area (Å²) < 4.78 is 4.43. The molecule has 0 radical (unpaired) electrons. The van der Waals surface area contributed by atoms with Crippen molar-refractivity contribution in [1.82, 2.24) is 19.1 Å². The monoisotopic (exact) mass is 276 g/mol. The Morgan fingerprint density at radius 3 is 1.76 bits per heavy atom. The van der Waals surface area contributed by atoms with E-state index in [1.165, 1.54) is 10.8 Å². The van der Waals surface area contributed by atoms with Gasteiger partial charge in [-0.3, -0.25) is 0 Å². The van der Waals surface area contributed by atoms with Gasteiger partial charge in [0.2, 0.25) is 0 Å². The van der Waals surface area contributed by atoms with Crippen LogP contribution in [0, 0.1) is 0 Å². The van der Waals surface area contributed by atoms with Crippen LogP contribution in [0.5, 0.6) is 0 Å². The van der Waals surface area contributed by atoms with Gasteiger partial charge in [-0.25, -0.2) is 9.97 Å². The molecule has 4 aromatic rings. The molecule has 0 aromatic carbocycles. The number of fused-ring (bicyclic) bond motifs is 2. The molecule has 21 heavy (non-hydrogen) atoms. The van der Waals surface area contributed by atoms with Crippen LogP contribution >= 0.6 is 0 Å². The van der Waals surface area contributed by atoms with Crippen LogP contribution in [0.3, 0.4) is 0 Å². The topological polar surface area (TPSA) is 35.6 Å². The van der Waals surface area contributed by atoms with E-state index < -0.39 is 0 Å². The molecule has 0 saturated carbocycles. The Kier molecular flexibility index (Phi) is 2.92. The molecule has 0 aliphatic rings. The lowest BCUT2D eigenvalue weighted by atomic mass is 10.3. The second-order valence-corrected chi connectivity index (χ2v) is 5.20. The number of pyridine rings is 2. The van der Waals surface area contributed by atoms with Gasteiger partial charge in [0.1, 0.15) is 11.3 Å². The van der Waals surface area contributed by atoms with Gasteiger partial charge in [-0.15, -0.1) is 0 Å². The number of hydrogen-bond donors (Lipinski definition) is 0. The van der Waals surface area contributed by atoms with E-state index >= 15 is 0 Å². The Morgan fingerprint density at radius 2 is 1.24 bits per heavy atom. The smallest absolute Gasteiger partial charge is 0.139 e. The minimum absolute atomic E-state index is 0.965. The maximum atomic E-state index is 4.45. The first-order valence-electron chi connectivity index (χ1n) is 7.21. The van der Waals surface area contributed by atoms with Crippen LogP contribution in [0.1, 0.15) is 6.42 Å². The Morgan fingerprint density at radius 1 is 0.714 bits per heavy atom. The number of hydrogen-bond acceptors (Lipinski definition) is 2. The van der Waals surface area contributed by atoms with Crippen molar-refractivity contribution < 1.29 is 0 Å². The summed E-state index contributed by atoms with van der Waals surface area (Å²) in [5.41, 5.74) is 2.13. The minimum atomic E-state index is 0.965. The van der Waals surface area contributed by atoms with E-state index in [2.05, 4.69) is 55.8 Å².